The van der Waals surface area contributed by atoms with E-state index in [9.17, 15) is 8.42 Å². The number of aryl methyl sites for hydroxylation is 2. The van der Waals surface area contributed by atoms with Crippen LogP contribution in [0.4, 0.5) is 11.5 Å². The summed E-state index contributed by atoms with van der Waals surface area (Å²) in [6.07, 6.45) is 2.20. The number of nitrogens with one attached hydrogen (secondary N) is 2. The molecule has 160 valence electrons. The third-order valence-corrected chi connectivity index (χ3v) is 6.66. The summed E-state index contributed by atoms with van der Waals surface area (Å²) in [5, 5.41) is 9.94. The van der Waals surface area contributed by atoms with E-state index in [1.54, 1.807) is 30.8 Å². The van der Waals surface area contributed by atoms with Crippen LogP contribution < -0.4 is 10.0 Å². The first-order valence-corrected chi connectivity index (χ1v) is 11.5. The molecule has 0 fully saturated rings. The molecule has 4 rings (SSSR count). The van der Waals surface area contributed by atoms with Crippen molar-refractivity contribution in [1.29, 1.82) is 0 Å². The van der Waals surface area contributed by atoms with Crippen LogP contribution in [0.25, 0.3) is 10.8 Å². The van der Waals surface area contributed by atoms with Gasteiger partial charge in [-0.25, -0.2) is 13.4 Å². The molecule has 7 nitrogen and oxygen atoms in total. The maximum atomic E-state index is 12.7. The smallest absolute Gasteiger partial charge is 0.263 e. The summed E-state index contributed by atoms with van der Waals surface area (Å²) in [4.78, 5) is 4.37. The molecule has 0 aliphatic heterocycles. The molecule has 0 spiro atoms. The summed E-state index contributed by atoms with van der Waals surface area (Å²) < 4.78 is 29.7. The number of sulfonamides is 1. The molecule has 0 aliphatic carbocycles. The van der Waals surface area contributed by atoms with Crippen molar-refractivity contribution in [3.8, 4) is 0 Å². The first-order valence-electron chi connectivity index (χ1n) is 10.0. The van der Waals surface area contributed by atoms with Crippen LogP contribution in [0.5, 0.6) is 0 Å². The Morgan fingerprint density at radius 2 is 1.77 bits per heavy atom. The minimum atomic E-state index is -3.74. The molecule has 4 aromatic rings. The topological polar surface area (TPSA) is 88.9 Å². The van der Waals surface area contributed by atoms with Gasteiger partial charge >= 0.3 is 0 Å². The molecule has 2 heterocycles. The van der Waals surface area contributed by atoms with Gasteiger partial charge in [-0.1, -0.05) is 42.5 Å². The van der Waals surface area contributed by atoms with Gasteiger partial charge in [0, 0.05) is 19.8 Å². The van der Waals surface area contributed by atoms with Crippen molar-refractivity contribution in [3.05, 3.63) is 77.7 Å². The van der Waals surface area contributed by atoms with Crippen LogP contribution in [-0.2, 0) is 23.5 Å². The predicted octanol–water partition coefficient (Wildman–Crippen LogP) is 4.04. The molecule has 2 aromatic carbocycles. The average molecular weight is 436 g/mol. The van der Waals surface area contributed by atoms with Gasteiger partial charge in [-0.05, 0) is 48.7 Å². The Kier molecular flexibility index (Phi) is 5.65. The van der Waals surface area contributed by atoms with Crippen molar-refractivity contribution in [2.45, 2.75) is 25.2 Å². The van der Waals surface area contributed by atoms with Gasteiger partial charge in [0.2, 0.25) is 0 Å². The van der Waals surface area contributed by atoms with E-state index in [-0.39, 0.29) is 4.90 Å². The summed E-state index contributed by atoms with van der Waals surface area (Å²) in [5.41, 5.74) is 3.11. The Morgan fingerprint density at radius 3 is 2.45 bits per heavy atom. The monoisotopic (exact) mass is 435 g/mol. The fourth-order valence-corrected chi connectivity index (χ4v) is 4.61. The second-order valence-electron chi connectivity index (χ2n) is 7.51. The summed E-state index contributed by atoms with van der Waals surface area (Å²) in [6.45, 7) is 4.29. The van der Waals surface area contributed by atoms with Crippen LogP contribution in [0.3, 0.4) is 0 Å². The number of pyridine rings is 1. The number of hydrogen-bond acceptors (Lipinski definition) is 5. The number of anilines is 2. The van der Waals surface area contributed by atoms with Crippen molar-refractivity contribution < 1.29 is 8.42 Å². The van der Waals surface area contributed by atoms with Gasteiger partial charge in [0.25, 0.3) is 10.0 Å². The zero-order valence-corrected chi connectivity index (χ0v) is 18.6. The number of nitrogens with zero attached hydrogens (tertiary/aromatic N) is 3. The number of benzene rings is 2. The highest BCUT2D eigenvalue weighted by Gasteiger charge is 2.19. The number of rotatable bonds is 7. The van der Waals surface area contributed by atoms with Crippen LogP contribution in [0.2, 0.25) is 0 Å². The third kappa shape index (κ3) is 4.54. The second-order valence-corrected chi connectivity index (χ2v) is 9.19. The Balaban J connectivity index is 1.39. The lowest BCUT2D eigenvalue weighted by Gasteiger charge is -2.10. The van der Waals surface area contributed by atoms with Gasteiger partial charge < -0.3 is 5.32 Å². The van der Waals surface area contributed by atoms with Gasteiger partial charge in [-0.2, -0.15) is 5.10 Å². The van der Waals surface area contributed by atoms with Crippen molar-refractivity contribution in [2.75, 3.05) is 16.6 Å². The molecule has 0 unspecified atom stereocenters. The molecule has 0 bridgehead atoms. The summed E-state index contributed by atoms with van der Waals surface area (Å²) in [7, 11) is -1.96. The lowest BCUT2D eigenvalue weighted by Crippen LogP contribution is -2.15. The van der Waals surface area contributed by atoms with Crippen molar-refractivity contribution in [2.24, 2.45) is 7.05 Å². The standard InChI is InChI=1S/C23H25N5O2S/c1-16-23(17(2)28(3)26-16)27-31(29,30)21-10-11-22(25-15-21)24-13-12-18-8-9-19-6-4-5-7-20(19)14-18/h4-11,14-15,27H,12-13H2,1-3H3,(H,24,25). The molecule has 0 atom stereocenters. The molecule has 2 aromatic heterocycles. The predicted molar refractivity (Wildman–Crippen MR) is 124 cm³/mol. The maximum absolute atomic E-state index is 12.7. The lowest BCUT2D eigenvalue weighted by molar-refractivity contribution is 0.600. The quantitative estimate of drug-likeness (QED) is 0.457. The van der Waals surface area contributed by atoms with E-state index in [0.29, 0.717) is 23.7 Å². The van der Waals surface area contributed by atoms with Gasteiger partial charge in [-0.3, -0.25) is 9.40 Å². The van der Waals surface area contributed by atoms with Crippen molar-refractivity contribution >= 4 is 32.3 Å². The molecule has 0 radical (unpaired) electrons. The van der Waals surface area contributed by atoms with Gasteiger partial charge in [0.15, 0.2) is 0 Å². The minimum Gasteiger partial charge on any atom is -0.370 e. The number of aromatic nitrogens is 3. The normalized spacial score (nSPS) is 11.6. The molecule has 0 saturated heterocycles. The van der Waals surface area contributed by atoms with Crippen LogP contribution in [0.15, 0.2) is 65.7 Å². The molecule has 31 heavy (non-hydrogen) atoms. The Labute approximate surface area is 182 Å². The highest BCUT2D eigenvalue weighted by molar-refractivity contribution is 7.92. The van der Waals surface area contributed by atoms with Crippen LogP contribution in [0, 0.1) is 13.8 Å². The Morgan fingerprint density at radius 1 is 1.00 bits per heavy atom. The molecular formula is C23H25N5O2S. The fourth-order valence-electron chi connectivity index (χ4n) is 3.49. The zero-order chi connectivity index (χ0) is 22.0. The van der Waals surface area contributed by atoms with E-state index in [1.165, 1.54) is 22.5 Å². The average Bonchev–Trinajstić information content (AvgIpc) is 2.99. The van der Waals surface area contributed by atoms with E-state index in [0.717, 1.165) is 12.1 Å². The highest BCUT2D eigenvalue weighted by Crippen LogP contribution is 2.23. The minimum absolute atomic E-state index is 0.107. The van der Waals surface area contributed by atoms with Crippen LogP contribution in [0.1, 0.15) is 17.0 Å². The number of hydrogen-bond donors (Lipinski definition) is 2. The van der Waals surface area contributed by atoms with Crippen LogP contribution >= 0.6 is 0 Å². The Hall–Kier alpha value is -3.39. The van der Waals surface area contributed by atoms with E-state index in [2.05, 4.69) is 50.5 Å². The molecule has 0 aliphatic rings. The highest BCUT2D eigenvalue weighted by atomic mass is 32.2. The first kappa shape index (κ1) is 20.9. The lowest BCUT2D eigenvalue weighted by atomic mass is 10.1. The van der Waals surface area contributed by atoms with Gasteiger partial charge in [0.1, 0.15) is 10.7 Å². The molecule has 0 saturated carbocycles. The summed E-state index contributed by atoms with van der Waals surface area (Å²) in [6, 6.07) is 17.9. The molecule has 2 N–H and O–H groups in total. The van der Waals surface area contributed by atoms with E-state index in [1.807, 2.05) is 19.1 Å². The largest absolute Gasteiger partial charge is 0.370 e. The first-order chi connectivity index (χ1) is 14.8. The van der Waals surface area contributed by atoms with E-state index >= 15 is 0 Å². The second kappa shape index (κ2) is 8.39. The van der Waals surface area contributed by atoms with E-state index in [4.69, 9.17) is 0 Å². The summed E-state index contributed by atoms with van der Waals surface area (Å²) in [5.74, 6) is 0.633. The summed E-state index contributed by atoms with van der Waals surface area (Å²) >= 11 is 0. The third-order valence-electron chi connectivity index (χ3n) is 5.33. The van der Waals surface area contributed by atoms with Gasteiger partial charge in [-0.15, -0.1) is 0 Å². The van der Waals surface area contributed by atoms with Crippen molar-refractivity contribution in [3.63, 3.8) is 0 Å². The van der Waals surface area contributed by atoms with E-state index < -0.39 is 10.0 Å². The molecular weight excluding hydrogens is 410 g/mol. The fraction of sp³-hybridized carbons (Fsp3) is 0.217. The molecule has 8 heteroatoms. The van der Waals surface area contributed by atoms with Crippen molar-refractivity contribution in [1.82, 2.24) is 14.8 Å². The van der Waals surface area contributed by atoms with Gasteiger partial charge in [0.05, 0.1) is 17.1 Å². The number of fused-ring (bicyclic) bond motifs is 1. The Bertz CT molecular complexity index is 1330. The van der Waals surface area contributed by atoms with Crippen LogP contribution in [-0.4, -0.2) is 29.7 Å². The molecule has 0 amide bonds. The zero-order valence-electron chi connectivity index (χ0n) is 17.8. The maximum Gasteiger partial charge on any atom is 0.263 e. The SMILES string of the molecule is Cc1nn(C)c(C)c1NS(=O)(=O)c1ccc(NCCc2ccc3ccccc3c2)nc1.